The third-order valence-corrected chi connectivity index (χ3v) is 6.42. The van der Waals surface area contributed by atoms with Crippen molar-refractivity contribution in [1.29, 1.82) is 0 Å². The molecule has 1 aliphatic carbocycles. The molecule has 1 aliphatic rings. The van der Waals surface area contributed by atoms with E-state index in [1.54, 1.807) is 0 Å². The summed E-state index contributed by atoms with van der Waals surface area (Å²) < 4.78 is 57.8. The zero-order chi connectivity index (χ0) is 29.5. The van der Waals surface area contributed by atoms with Gasteiger partial charge in [-0.05, 0) is 85.6 Å². The van der Waals surface area contributed by atoms with Crippen molar-refractivity contribution in [1.82, 2.24) is 20.2 Å². The maximum Gasteiger partial charge on any atom is 0.463 e. The molecule has 1 heterocycles. The number of allylic oxidation sites excluding steroid dienone is 2. The number of rotatable bonds is 9. The van der Waals surface area contributed by atoms with Crippen LogP contribution in [0.2, 0.25) is 0 Å². The van der Waals surface area contributed by atoms with Gasteiger partial charge >= 0.3 is 12.0 Å². The monoisotopic (exact) mass is 560 g/mol. The Morgan fingerprint density at radius 1 is 1.18 bits per heavy atom. The van der Waals surface area contributed by atoms with Gasteiger partial charge < -0.3 is 15.5 Å². The molecule has 216 valence electrons. The van der Waals surface area contributed by atoms with E-state index in [1.165, 1.54) is 46.4 Å². The summed E-state index contributed by atoms with van der Waals surface area (Å²) in [5.74, 6) is 2.49. The smallest absolute Gasteiger partial charge is 0.428 e. The summed E-state index contributed by atoms with van der Waals surface area (Å²) in [5.41, 5.74) is 7.67. The maximum atomic E-state index is 13.3. The van der Waals surface area contributed by atoms with Gasteiger partial charge in [0, 0.05) is 12.6 Å². The first-order valence-electron chi connectivity index (χ1n) is 13.0. The summed E-state index contributed by atoms with van der Waals surface area (Å²) in [5, 5.41) is 7.52. The number of hydrogen-bond donors (Lipinski definition) is 3. The molecule has 0 aliphatic heterocycles. The summed E-state index contributed by atoms with van der Waals surface area (Å²) in [6.45, 7) is 10.2. The number of nitrogens with one attached hydrogen (secondary N) is 2. The normalized spacial score (nSPS) is 15.4. The lowest BCUT2D eigenvalue weighted by Gasteiger charge is -2.23. The van der Waals surface area contributed by atoms with E-state index in [0.717, 1.165) is 36.9 Å². The van der Waals surface area contributed by atoms with Crippen molar-refractivity contribution in [2.45, 2.75) is 65.4 Å². The van der Waals surface area contributed by atoms with E-state index in [-0.39, 0.29) is 12.7 Å². The Bertz CT molecular complexity index is 1310. The van der Waals surface area contributed by atoms with Crippen molar-refractivity contribution < 1.29 is 22.3 Å². The van der Waals surface area contributed by atoms with Crippen LogP contribution in [0.5, 0.6) is 5.75 Å². The molecule has 0 bridgehead atoms. The highest BCUT2D eigenvalue weighted by Gasteiger charge is 2.55. The molecule has 0 saturated carbocycles. The fourth-order valence-electron chi connectivity index (χ4n) is 3.92. The minimum absolute atomic E-state index is 0.110. The van der Waals surface area contributed by atoms with Crippen LogP contribution < -0.4 is 21.3 Å². The molecule has 7 nitrogen and oxygen atoms in total. The molecule has 0 spiro atoms. The minimum Gasteiger partial charge on any atom is -0.428 e. The van der Waals surface area contributed by atoms with Crippen LogP contribution in [0.4, 0.5) is 23.2 Å². The van der Waals surface area contributed by atoms with Crippen LogP contribution in [-0.4, -0.2) is 26.8 Å². The van der Waals surface area contributed by atoms with Gasteiger partial charge in [0.2, 0.25) is 0 Å². The van der Waals surface area contributed by atoms with Crippen LogP contribution in [0.15, 0.2) is 67.3 Å². The van der Waals surface area contributed by atoms with E-state index >= 15 is 0 Å². The van der Waals surface area contributed by atoms with Gasteiger partial charge in [0.15, 0.2) is 5.82 Å². The highest BCUT2D eigenvalue weighted by atomic mass is 19.3. The average molecular weight is 561 g/mol. The number of halogens is 4. The first-order valence-corrected chi connectivity index (χ1v) is 13.0. The summed E-state index contributed by atoms with van der Waals surface area (Å²) in [7, 11) is 0. The van der Waals surface area contributed by atoms with Gasteiger partial charge in [-0.1, -0.05) is 38.6 Å². The van der Waals surface area contributed by atoms with Crippen LogP contribution >= 0.6 is 0 Å². The SMILES string of the molecule is C=C(NN)Nc1cc(C)ccc1CC.CC1CC=C(c2ncn(-c3ccc(OC(F)(F)C(C)(F)F)cc3)n2)CC1. The van der Waals surface area contributed by atoms with Gasteiger partial charge in [0.05, 0.1) is 5.69 Å². The van der Waals surface area contributed by atoms with Gasteiger partial charge in [-0.25, -0.2) is 15.5 Å². The zero-order valence-electron chi connectivity index (χ0n) is 23.1. The molecule has 0 saturated heterocycles. The predicted octanol–water partition coefficient (Wildman–Crippen LogP) is 7.00. The highest BCUT2D eigenvalue weighted by molar-refractivity contribution is 5.60. The van der Waals surface area contributed by atoms with E-state index < -0.39 is 12.0 Å². The van der Waals surface area contributed by atoms with E-state index in [4.69, 9.17) is 5.84 Å². The quantitative estimate of drug-likeness (QED) is 0.148. The molecule has 1 atom stereocenters. The van der Waals surface area contributed by atoms with E-state index in [2.05, 4.69) is 77.2 Å². The minimum atomic E-state index is -4.58. The van der Waals surface area contributed by atoms with Crippen molar-refractivity contribution in [3.05, 3.63) is 84.2 Å². The first kappa shape index (κ1) is 30.7. The molecule has 3 aromatic rings. The molecular weight excluding hydrogens is 524 g/mol. The predicted molar refractivity (Wildman–Crippen MR) is 149 cm³/mol. The Morgan fingerprint density at radius 2 is 1.88 bits per heavy atom. The average Bonchev–Trinajstić information content (AvgIpc) is 3.39. The second-order valence-corrected chi connectivity index (χ2v) is 9.88. The fourth-order valence-corrected chi connectivity index (χ4v) is 3.92. The van der Waals surface area contributed by atoms with Crippen LogP contribution in [0.3, 0.4) is 0 Å². The second kappa shape index (κ2) is 13.0. The zero-order valence-corrected chi connectivity index (χ0v) is 23.1. The summed E-state index contributed by atoms with van der Waals surface area (Å²) in [6.07, 6.45) is 3.06. The lowest BCUT2D eigenvalue weighted by Crippen LogP contribution is -2.42. The maximum absolute atomic E-state index is 13.3. The van der Waals surface area contributed by atoms with Crippen LogP contribution in [0.1, 0.15) is 57.0 Å². The van der Waals surface area contributed by atoms with Crippen LogP contribution in [0, 0.1) is 12.8 Å². The number of alkyl halides is 4. The lowest BCUT2D eigenvalue weighted by molar-refractivity contribution is -0.301. The van der Waals surface area contributed by atoms with Crippen molar-refractivity contribution in [3.63, 3.8) is 0 Å². The molecule has 4 rings (SSSR count). The van der Waals surface area contributed by atoms with Gasteiger partial charge in [0.25, 0.3) is 0 Å². The highest BCUT2D eigenvalue weighted by Crippen LogP contribution is 2.36. The molecule has 4 N–H and O–H groups in total. The number of hydrogen-bond acceptors (Lipinski definition) is 6. The van der Waals surface area contributed by atoms with Crippen LogP contribution in [0.25, 0.3) is 11.3 Å². The number of anilines is 1. The Hall–Kier alpha value is -3.86. The summed E-state index contributed by atoms with van der Waals surface area (Å²) >= 11 is 0. The van der Waals surface area contributed by atoms with Crippen molar-refractivity contribution >= 4 is 11.3 Å². The molecule has 11 heteroatoms. The molecule has 0 fully saturated rings. The molecule has 2 aromatic carbocycles. The number of ether oxygens (including phenoxy) is 1. The van der Waals surface area contributed by atoms with Crippen LogP contribution in [-0.2, 0) is 6.42 Å². The second-order valence-electron chi connectivity index (χ2n) is 9.88. The van der Waals surface area contributed by atoms with Gasteiger partial charge in [-0.2, -0.15) is 17.6 Å². The summed E-state index contributed by atoms with van der Waals surface area (Å²) in [4.78, 5) is 4.29. The number of nitrogens with two attached hydrogens (primary N) is 1. The molecule has 0 radical (unpaired) electrons. The fraction of sp³-hybridized carbons (Fsp3) is 0.379. The Balaban J connectivity index is 0.000000267. The van der Waals surface area contributed by atoms with E-state index in [0.29, 0.717) is 23.3 Å². The number of aromatic nitrogens is 3. The largest absolute Gasteiger partial charge is 0.463 e. The van der Waals surface area contributed by atoms with Crippen molar-refractivity contribution in [2.24, 2.45) is 11.8 Å². The third-order valence-electron chi connectivity index (χ3n) is 6.42. The molecule has 40 heavy (non-hydrogen) atoms. The first-order chi connectivity index (χ1) is 18.8. The van der Waals surface area contributed by atoms with Crippen molar-refractivity contribution in [2.75, 3.05) is 5.32 Å². The molecule has 1 unspecified atom stereocenters. The number of nitrogens with zero attached hydrogens (tertiary/aromatic N) is 3. The molecule has 1 aromatic heterocycles. The van der Waals surface area contributed by atoms with Gasteiger partial charge in [-0.3, -0.25) is 0 Å². The molecular formula is C29H36F4N6O. The third kappa shape index (κ3) is 8.08. The van der Waals surface area contributed by atoms with Gasteiger partial charge in [0.1, 0.15) is 17.9 Å². The lowest BCUT2D eigenvalue weighted by atomic mass is 9.91. The van der Waals surface area contributed by atoms with Crippen molar-refractivity contribution in [3.8, 4) is 11.4 Å². The number of benzene rings is 2. The van der Waals surface area contributed by atoms with E-state index in [9.17, 15) is 17.6 Å². The van der Waals surface area contributed by atoms with E-state index in [1.807, 2.05) is 0 Å². The standard InChI is InChI=1S/C18H19F4N3O.C11H17N3/c1-12-3-5-13(6-4-12)16-23-11-25(24-16)14-7-9-15(10-8-14)26-18(21,22)17(2,19)20;1-4-10-6-5-8(2)7-11(10)13-9(3)14-12/h5,7-12H,3-4,6H2,1-2H3;5-7,13-14H,3-4,12H2,1-2H3. The Morgan fingerprint density at radius 3 is 2.45 bits per heavy atom. The summed E-state index contributed by atoms with van der Waals surface area (Å²) in [6, 6.07) is 11.6. The van der Waals surface area contributed by atoms with Gasteiger partial charge in [-0.15, -0.1) is 5.10 Å². The number of hydrazine groups is 1. The topological polar surface area (TPSA) is 90.0 Å². The molecule has 0 amide bonds. The number of aryl methyl sites for hydroxylation is 2. The Labute approximate surface area is 232 Å². The Kier molecular flexibility index (Phi) is 9.97.